The quantitative estimate of drug-likeness (QED) is 0.816. The molecule has 154 valence electrons. The van der Waals surface area contributed by atoms with Crippen molar-refractivity contribution >= 4 is 23.2 Å². The summed E-state index contributed by atoms with van der Waals surface area (Å²) in [5.41, 5.74) is 2.29. The summed E-state index contributed by atoms with van der Waals surface area (Å²) < 4.78 is 37.5. The summed E-state index contributed by atoms with van der Waals surface area (Å²) in [7, 11) is 0. The van der Waals surface area contributed by atoms with E-state index in [1.807, 2.05) is 43.4 Å². The Morgan fingerprint density at radius 2 is 2.03 bits per heavy atom. The highest BCUT2D eigenvalue weighted by Crippen LogP contribution is 2.48. The number of amides is 2. The molecule has 29 heavy (non-hydrogen) atoms. The first-order valence-corrected chi connectivity index (χ1v) is 10.2. The van der Waals surface area contributed by atoms with Gasteiger partial charge in [0.15, 0.2) is 0 Å². The molecule has 2 fully saturated rings. The van der Waals surface area contributed by atoms with Gasteiger partial charge in [0.1, 0.15) is 5.69 Å². The molecule has 0 unspecified atom stereocenters. The second kappa shape index (κ2) is 7.12. The molecule has 1 aromatic carbocycles. The lowest BCUT2D eigenvalue weighted by atomic mass is 10.1. The van der Waals surface area contributed by atoms with Crippen molar-refractivity contribution in [1.82, 2.24) is 15.2 Å². The first-order valence-electron chi connectivity index (χ1n) is 9.37. The molecule has 2 aromatic rings. The van der Waals surface area contributed by atoms with Crippen molar-refractivity contribution in [3.63, 3.8) is 0 Å². The number of nitrogens with zero attached hydrogens (tertiary/aromatic N) is 2. The average Bonchev–Trinajstić information content (AvgIpc) is 3.13. The first-order chi connectivity index (χ1) is 13.6. The number of hydrogen-bond donors (Lipinski definition) is 1. The van der Waals surface area contributed by atoms with Gasteiger partial charge in [-0.15, -0.1) is 11.3 Å². The Morgan fingerprint density at radius 1 is 1.28 bits per heavy atom. The molecule has 1 aliphatic carbocycles. The highest BCUT2D eigenvalue weighted by molar-refractivity contribution is 7.15. The van der Waals surface area contributed by atoms with Crippen LogP contribution in [0.2, 0.25) is 0 Å². The van der Waals surface area contributed by atoms with Crippen LogP contribution in [0.3, 0.4) is 0 Å². The maximum absolute atomic E-state index is 13.4. The Morgan fingerprint density at radius 3 is 2.72 bits per heavy atom. The fraction of sp³-hybridized carbons (Fsp3) is 0.450. The van der Waals surface area contributed by atoms with Gasteiger partial charge in [-0.05, 0) is 38.2 Å². The lowest BCUT2D eigenvalue weighted by Gasteiger charge is -2.27. The second-order valence-electron chi connectivity index (χ2n) is 7.65. The summed E-state index contributed by atoms with van der Waals surface area (Å²) in [6.45, 7) is 3.58. The Balaban J connectivity index is 1.58. The van der Waals surface area contributed by atoms with E-state index in [9.17, 15) is 22.8 Å². The van der Waals surface area contributed by atoms with Gasteiger partial charge in [-0.3, -0.25) is 9.59 Å². The highest BCUT2D eigenvalue weighted by Gasteiger charge is 2.54. The smallest absolute Gasteiger partial charge is 0.346 e. The minimum atomic E-state index is -4.93. The van der Waals surface area contributed by atoms with Gasteiger partial charge in [0.2, 0.25) is 0 Å². The van der Waals surface area contributed by atoms with E-state index in [4.69, 9.17) is 0 Å². The zero-order valence-electron chi connectivity index (χ0n) is 15.9. The number of aryl methyl sites for hydroxylation is 2. The predicted octanol–water partition coefficient (Wildman–Crippen LogP) is 3.71. The summed E-state index contributed by atoms with van der Waals surface area (Å²) in [6, 6.07) is 7.34. The number of benzene rings is 1. The fourth-order valence-electron chi connectivity index (χ4n) is 4.04. The lowest BCUT2D eigenvalue weighted by molar-refractivity contribution is -0.173. The molecule has 5 nitrogen and oxygen atoms in total. The van der Waals surface area contributed by atoms with E-state index in [-0.39, 0.29) is 24.4 Å². The van der Waals surface area contributed by atoms with E-state index in [0.29, 0.717) is 12.1 Å². The van der Waals surface area contributed by atoms with E-state index in [1.54, 1.807) is 4.90 Å². The van der Waals surface area contributed by atoms with E-state index in [1.165, 1.54) is 11.3 Å². The van der Waals surface area contributed by atoms with E-state index in [0.717, 1.165) is 27.4 Å². The number of piperidine rings is 1. The van der Waals surface area contributed by atoms with Crippen molar-refractivity contribution in [3.05, 3.63) is 40.5 Å². The van der Waals surface area contributed by atoms with Crippen molar-refractivity contribution in [1.29, 1.82) is 0 Å². The standard InChI is InChI=1S/C20H20F3N3O2S/c1-10-4-3-5-12(6-10)17-16(25-11(2)29-17)18(27)26-14(7-13-8-15(13)26)9-24-19(28)20(21,22)23/h3-6,13-15H,7-9H2,1-2H3,(H,24,28)/t13-,14-,15-/m0/s1. The van der Waals surface area contributed by atoms with Crippen molar-refractivity contribution in [2.24, 2.45) is 5.92 Å². The van der Waals surface area contributed by atoms with Crippen molar-refractivity contribution in [2.45, 2.75) is 44.9 Å². The maximum atomic E-state index is 13.4. The van der Waals surface area contributed by atoms with Gasteiger partial charge >= 0.3 is 12.1 Å². The molecule has 1 aromatic heterocycles. The van der Waals surface area contributed by atoms with Gasteiger partial charge in [-0.25, -0.2) is 4.98 Å². The fourth-order valence-corrected chi connectivity index (χ4v) is 4.95. The zero-order valence-corrected chi connectivity index (χ0v) is 16.7. The lowest BCUT2D eigenvalue weighted by Crippen LogP contribution is -2.48. The van der Waals surface area contributed by atoms with Crippen LogP contribution in [0.25, 0.3) is 10.4 Å². The van der Waals surface area contributed by atoms with Crippen molar-refractivity contribution < 1.29 is 22.8 Å². The van der Waals surface area contributed by atoms with Crippen LogP contribution >= 0.6 is 11.3 Å². The Hall–Kier alpha value is -2.42. The van der Waals surface area contributed by atoms with Gasteiger partial charge in [0.05, 0.1) is 15.9 Å². The van der Waals surface area contributed by atoms with Crippen LogP contribution in [0, 0.1) is 19.8 Å². The minimum Gasteiger partial charge on any atom is -0.346 e. The molecular weight excluding hydrogens is 403 g/mol. The molecule has 2 heterocycles. The van der Waals surface area contributed by atoms with E-state index in [2.05, 4.69) is 4.98 Å². The average molecular weight is 423 g/mol. The summed E-state index contributed by atoms with van der Waals surface area (Å²) in [4.78, 5) is 31.4. The first kappa shape index (κ1) is 19.9. The molecule has 0 spiro atoms. The van der Waals surface area contributed by atoms with Gasteiger partial charge in [0.25, 0.3) is 5.91 Å². The summed E-state index contributed by atoms with van der Waals surface area (Å²) >= 11 is 1.42. The molecule has 2 amide bonds. The van der Waals surface area contributed by atoms with Crippen LogP contribution in [0.5, 0.6) is 0 Å². The largest absolute Gasteiger partial charge is 0.471 e. The number of rotatable bonds is 4. The van der Waals surface area contributed by atoms with Crippen LogP contribution < -0.4 is 5.32 Å². The minimum absolute atomic E-state index is 0.0163. The molecule has 3 atom stereocenters. The number of carbonyl (C=O) groups is 2. The second-order valence-corrected chi connectivity index (χ2v) is 8.86. The van der Waals surface area contributed by atoms with Gasteiger partial charge < -0.3 is 10.2 Å². The highest BCUT2D eigenvalue weighted by atomic mass is 32.1. The number of carbonyl (C=O) groups excluding carboxylic acids is 2. The van der Waals surface area contributed by atoms with Crippen molar-refractivity contribution in [2.75, 3.05) is 6.54 Å². The number of alkyl halides is 3. The SMILES string of the molecule is Cc1cccc(-c2sc(C)nc2C(=O)N2[C@H](CNC(=O)C(F)(F)F)C[C@H]3C[C@@H]32)c1. The van der Waals surface area contributed by atoms with Gasteiger partial charge in [-0.2, -0.15) is 13.2 Å². The molecule has 1 saturated carbocycles. The number of aromatic nitrogens is 1. The van der Waals surface area contributed by atoms with E-state index < -0.39 is 18.1 Å². The molecule has 1 saturated heterocycles. The number of likely N-dealkylation sites (tertiary alicyclic amines) is 1. The molecule has 9 heteroatoms. The normalized spacial score (nSPS) is 23.1. The number of thiazole rings is 1. The van der Waals surface area contributed by atoms with Crippen LogP contribution in [-0.2, 0) is 4.79 Å². The van der Waals surface area contributed by atoms with Gasteiger partial charge in [0, 0.05) is 12.6 Å². The summed E-state index contributed by atoms with van der Waals surface area (Å²) in [6.07, 6.45) is -3.49. The molecule has 4 rings (SSSR count). The molecule has 0 bridgehead atoms. The molecule has 1 N–H and O–H groups in total. The third kappa shape index (κ3) is 3.88. The van der Waals surface area contributed by atoms with Crippen molar-refractivity contribution in [3.8, 4) is 10.4 Å². The summed E-state index contributed by atoms with van der Waals surface area (Å²) in [5, 5.41) is 2.67. The Labute approximate surface area is 169 Å². The monoisotopic (exact) mass is 423 g/mol. The van der Waals surface area contributed by atoms with Crippen LogP contribution in [0.4, 0.5) is 13.2 Å². The Bertz CT molecular complexity index is 972. The number of fused-ring (bicyclic) bond motifs is 1. The molecule has 0 radical (unpaired) electrons. The third-order valence-corrected chi connectivity index (χ3v) is 6.44. The Kier molecular flexibility index (Phi) is 4.88. The number of halogens is 3. The number of hydrogen-bond acceptors (Lipinski definition) is 4. The molecule has 1 aliphatic heterocycles. The maximum Gasteiger partial charge on any atom is 0.471 e. The zero-order chi connectivity index (χ0) is 20.9. The molecular formula is C20H20F3N3O2S. The topological polar surface area (TPSA) is 62.3 Å². The number of nitrogens with one attached hydrogen (secondary N) is 1. The summed E-state index contributed by atoms with van der Waals surface area (Å²) in [5.74, 6) is -1.97. The van der Waals surface area contributed by atoms with Crippen LogP contribution in [0.15, 0.2) is 24.3 Å². The van der Waals surface area contributed by atoms with Crippen LogP contribution in [-0.4, -0.2) is 46.5 Å². The predicted molar refractivity (Wildman–Crippen MR) is 103 cm³/mol. The van der Waals surface area contributed by atoms with Gasteiger partial charge in [-0.1, -0.05) is 29.8 Å². The molecule has 2 aliphatic rings. The third-order valence-electron chi connectivity index (χ3n) is 5.42. The van der Waals surface area contributed by atoms with E-state index >= 15 is 0 Å². The van der Waals surface area contributed by atoms with Crippen LogP contribution in [0.1, 0.15) is 33.9 Å².